The van der Waals surface area contributed by atoms with Crippen molar-refractivity contribution >= 4 is 5.91 Å². The highest BCUT2D eigenvalue weighted by molar-refractivity contribution is 5.80. The lowest BCUT2D eigenvalue weighted by Gasteiger charge is -2.16. The van der Waals surface area contributed by atoms with Gasteiger partial charge in [0.1, 0.15) is 5.75 Å². The Morgan fingerprint density at radius 2 is 1.88 bits per heavy atom. The van der Waals surface area contributed by atoms with Crippen LogP contribution in [0.1, 0.15) is 25.3 Å². The largest absolute Gasteiger partial charge is 0.481 e. The molecule has 0 saturated carbocycles. The molecule has 3 rings (SSSR count). The zero-order chi connectivity index (χ0) is 18.4. The van der Waals surface area contributed by atoms with Gasteiger partial charge in [0.25, 0.3) is 5.91 Å². The monoisotopic (exact) mass is 351 g/mol. The number of amides is 1. The molecule has 0 fully saturated rings. The molecule has 0 bridgehead atoms. The molecule has 1 heterocycles. The van der Waals surface area contributed by atoms with Crippen LogP contribution in [0.3, 0.4) is 0 Å². The number of aryl methyl sites for hydroxylation is 1. The van der Waals surface area contributed by atoms with E-state index < -0.39 is 6.10 Å². The number of rotatable bonds is 7. The molecule has 6 nitrogen and oxygen atoms in total. The molecule has 6 heteroatoms. The van der Waals surface area contributed by atoms with E-state index >= 15 is 0 Å². The van der Waals surface area contributed by atoms with E-state index in [4.69, 9.17) is 9.26 Å². The average molecular weight is 351 g/mol. The maximum Gasteiger partial charge on any atom is 0.261 e. The van der Waals surface area contributed by atoms with E-state index in [1.807, 2.05) is 61.5 Å². The summed E-state index contributed by atoms with van der Waals surface area (Å²) in [6, 6.07) is 17.2. The van der Waals surface area contributed by atoms with Crippen LogP contribution >= 0.6 is 0 Å². The molecule has 0 saturated heterocycles. The lowest BCUT2D eigenvalue weighted by atomic mass is 10.1. The van der Waals surface area contributed by atoms with Crippen LogP contribution < -0.4 is 10.1 Å². The number of nitrogens with zero attached hydrogens (tertiary/aromatic N) is 2. The first kappa shape index (κ1) is 17.7. The van der Waals surface area contributed by atoms with Crippen LogP contribution in [0.4, 0.5) is 0 Å². The van der Waals surface area contributed by atoms with E-state index in [1.54, 1.807) is 6.92 Å². The summed E-state index contributed by atoms with van der Waals surface area (Å²) in [5.74, 6) is 1.33. The molecular formula is C20H21N3O3. The van der Waals surface area contributed by atoms with Crippen LogP contribution in [-0.4, -0.2) is 22.2 Å². The second-order valence-electron chi connectivity index (χ2n) is 5.82. The van der Waals surface area contributed by atoms with Gasteiger partial charge in [-0.25, -0.2) is 0 Å². The zero-order valence-corrected chi connectivity index (χ0v) is 14.8. The third-order valence-corrected chi connectivity index (χ3v) is 3.94. The number of hydrogen-bond donors (Lipinski definition) is 1. The molecule has 1 aromatic heterocycles. The number of carbonyl (C=O) groups excluding carboxylic acids is 1. The molecule has 0 aliphatic carbocycles. The van der Waals surface area contributed by atoms with Gasteiger partial charge in [0.15, 0.2) is 6.10 Å². The Labute approximate surface area is 152 Å². The van der Waals surface area contributed by atoms with Crippen molar-refractivity contribution in [3.63, 3.8) is 0 Å². The van der Waals surface area contributed by atoms with Crippen molar-refractivity contribution in [2.24, 2.45) is 0 Å². The van der Waals surface area contributed by atoms with Crippen molar-refractivity contribution in [1.82, 2.24) is 15.5 Å². The summed E-state index contributed by atoms with van der Waals surface area (Å²) >= 11 is 0. The van der Waals surface area contributed by atoms with Crippen LogP contribution in [-0.2, 0) is 17.8 Å². The molecule has 134 valence electrons. The molecule has 1 unspecified atom stereocenters. The Kier molecular flexibility index (Phi) is 5.63. The maximum absolute atomic E-state index is 12.3. The van der Waals surface area contributed by atoms with Gasteiger partial charge in [0, 0.05) is 5.56 Å². The fourth-order valence-electron chi connectivity index (χ4n) is 2.49. The van der Waals surface area contributed by atoms with Gasteiger partial charge in [-0.1, -0.05) is 60.6 Å². The van der Waals surface area contributed by atoms with Crippen LogP contribution in [0.2, 0.25) is 0 Å². The SMILES string of the molecule is CCc1ccccc1OC(C)C(=O)NCc1nc(-c2ccccc2)no1. The van der Waals surface area contributed by atoms with E-state index in [0.717, 1.165) is 23.3 Å². The number of hydrogen-bond acceptors (Lipinski definition) is 5. The van der Waals surface area contributed by atoms with Crippen molar-refractivity contribution in [3.8, 4) is 17.1 Å². The fourth-order valence-corrected chi connectivity index (χ4v) is 2.49. The molecule has 1 N–H and O–H groups in total. The normalized spacial score (nSPS) is 11.8. The lowest BCUT2D eigenvalue weighted by molar-refractivity contribution is -0.127. The third-order valence-electron chi connectivity index (χ3n) is 3.94. The average Bonchev–Trinajstić information content (AvgIpc) is 3.16. The number of aromatic nitrogens is 2. The second-order valence-corrected chi connectivity index (χ2v) is 5.82. The molecule has 0 aliphatic rings. The molecular weight excluding hydrogens is 330 g/mol. The molecule has 0 aliphatic heterocycles. The van der Waals surface area contributed by atoms with E-state index in [0.29, 0.717) is 11.7 Å². The molecule has 0 radical (unpaired) electrons. The first-order valence-corrected chi connectivity index (χ1v) is 8.57. The predicted molar refractivity (Wildman–Crippen MR) is 97.5 cm³/mol. The number of benzene rings is 2. The molecule has 3 aromatic rings. The number of carbonyl (C=O) groups is 1. The zero-order valence-electron chi connectivity index (χ0n) is 14.8. The summed E-state index contributed by atoms with van der Waals surface area (Å²) in [5, 5.41) is 6.69. The van der Waals surface area contributed by atoms with Gasteiger partial charge in [0.05, 0.1) is 6.54 Å². The van der Waals surface area contributed by atoms with Crippen LogP contribution in [0.25, 0.3) is 11.4 Å². The summed E-state index contributed by atoms with van der Waals surface area (Å²) in [6.07, 6.45) is 0.216. The summed E-state index contributed by atoms with van der Waals surface area (Å²) in [6.45, 7) is 3.92. The van der Waals surface area contributed by atoms with Gasteiger partial charge < -0.3 is 14.6 Å². The molecule has 26 heavy (non-hydrogen) atoms. The quantitative estimate of drug-likeness (QED) is 0.706. The highest BCUT2D eigenvalue weighted by atomic mass is 16.5. The van der Waals surface area contributed by atoms with Crippen molar-refractivity contribution in [2.75, 3.05) is 0 Å². The van der Waals surface area contributed by atoms with Gasteiger partial charge in [0.2, 0.25) is 11.7 Å². The minimum Gasteiger partial charge on any atom is -0.481 e. The van der Waals surface area contributed by atoms with E-state index in [1.165, 1.54) is 0 Å². The Bertz CT molecular complexity index is 862. The van der Waals surface area contributed by atoms with Gasteiger partial charge in [-0.05, 0) is 25.0 Å². The smallest absolute Gasteiger partial charge is 0.261 e. The minimum absolute atomic E-state index is 0.155. The molecule has 1 amide bonds. The first-order valence-electron chi connectivity index (χ1n) is 8.57. The van der Waals surface area contributed by atoms with E-state index in [-0.39, 0.29) is 12.5 Å². The predicted octanol–water partition coefficient (Wildman–Crippen LogP) is 3.38. The second kappa shape index (κ2) is 8.29. The van der Waals surface area contributed by atoms with E-state index in [9.17, 15) is 4.79 Å². The summed E-state index contributed by atoms with van der Waals surface area (Å²) < 4.78 is 11.0. The maximum atomic E-state index is 12.3. The van der Waals surface area contributed by atoms with Crippen molar-refractivity contribution in [1.29, 1.82) is 0 Å². The highest BCUT2D eigenvalue weighted by Crippen LogP contribution is 2.20. The minimum atomic E-state index is -0.626. The topological polar surface area (TPSA) is 77.2 Å². The lowest BCUT2D eigenvalue weighted by Crippen LogP contribution is -2.36. The fraction of sp³-hybridized carbons (Fsp3) is 0.250. The molecule has 1 atom stereocenters. The molecule has 0 spiro atoms. The Morgan fingerprint density at radius 3 is 2.65 bits per heavy atom. The van der Waals surface area contributed by atoms with Crippen molar-refractivity contribution < 1.29 is 14.1 Å². The van der Waals surface area contributed by atoms with E-state index in [2.05, 4.69) is 15.5 Å². The van der Waals surface area contributed by atoms with Crippen molar-refractivity contribution in [2.45, 2.75) is 32.9 Å². The number of ether oxygens (including phenoxy) is 1. The number of para-hydroxylation sites is 1. The highest BCUT2D eigenvalue weighted by Gasteiger charge is 2.17. The standard InChI is InChI=1S/C20H21N3O3/c1-3-15-9-7-8-12-17(15)25-14(2)20(24)21-13-18-22-19(23-26-18)16-10-5-4-6-11-16/h4-12,14H,3,13H2,1-2H3,(H,21,24). The van der Waals surface area contributed by atoms with Gasteiger partial charge in [-0.2, -0.15) is 4.98 Å². The summed E-state index contributed by atoms with van der Waals surface area (Å²) in [7, 11) is 0. The number of nitrogens with one attached hydrogen (secondary N) is 1. The Morgan fingerprint density at radius 1 is 1.15 bits per heavy atom. The summed E-state index contributed by atoms with van der Waals surface area (Å²) in [5.41, 5.74) is 1.93. The van der Waals surface area contributed by atoms with Gasteiger partial charge in [-0.3, -0.25) is 4.79 Å². The summed E-state index contributed by atoms with van der Waals surface area (Å²) in [4.78, 5) is 16.6. The Hall–Kier alpha value is -3.15. The van der Waals surface area contributed by atoms with Crippen LogP contribution in [0.5, 0.6) is 5.75 Å². The van der Waals surface area contributed by atoms with Crippen molar-refractivity contribution in [3.05, 3.63) is 66.1 Å². The van der Waals surface area contributed by atoms with Gasteiger partial charge >= 0.3 is 0 Å². The third kappa shape index (κ3) is 4.27. The molecule has 2 aromatic carbocycles. The Balaban J connectivity index is 1.56. The van der Waals surface area contributed by atoms with Crippen LogP contribution in [0, 0.1) is 0 Å². The van der Waals surface area contributed by atoms with Gasteiger partial charge in [-0.15, -0.1) is 0 Å². The van der Waals surface area contributed by atoms with Crippen LogP contribution in [0.15, 0.2) is 59.1 Å². The first-order chi connectivity index (χ1) is 12.7.